The number of hydrogen-bond donors (Lipinski definition) is 1. The molecule has 0 radical (unpaired) electrons. The molecule has 0 spiro atoms. The fourth-order valence-corrected chi connectivity index (χ4v) is 2.76. The van der Waals surface area contributed by atoms with Gasteiger partial charge in [0.05, 0.1) is 12.0 Å². The van der Waals surface area contributed by atoms with Crippen molar-refractivity contribution in [1.82, 2.24) is 4.90 Å². The first kappa shape index (κ1) is 19.4. The van der Waals surface area contributed by atoms with Gasteiger partial charge in [-0.2, -0.15) is 22.0 Å². The Morgan fingerprint density at radius 1 is 1.28 bits per heavy atom. The van der Waals surface area contributed by atoms with Crippen molar-refractivity contribution in [1.29, 1.82) is 0 Å². The number of nitrogens with one attached hydrogen (secondary N) is 1. The van der Waals surface area contributed by atoms with Gasteiger partial charge in [-0.05, 0) is 50.6 Å². The number of carbonyl (C=O) groups excluding carboxylic acids is 1. The van der Waals surface area contributed by atoms with Crippen LogP contribution in [-0.4, -0.2) is 42.7 Å². The van der Waals surface area contributed by atoms with Crippen molar-refractivity contribution < 1.29 is 31.5 Å². The van der Waals surface area contributed by atoms with E-state index >= 15 is 0 Å². The molecule has 1 N–H and O–H groups in total. The molecule has 2 atom stereocenters. The maximum Gasteiger partial charge on any atom is 0.393 e. The Labute approximate surface area is 141 Å². The van der Waals surface area contributed by atoms with Crippen LogP contribution in [0.25, 0.3) is 0 Å². The van der Waals surface area contributed by atoms with Crippen LogP contribution in [-0.2, 0) is 4.79 Å². The molecular weight excluding hydrogens is 347 g/mol. The van der Waals surface area contributed by atoms with Crippen molar-refractivity contribution in [2.45, 2.75) is 38.6 Å². The Kier molecular flexibility index (Phi) is 6.21. The van der Waals surface area contributed by atoms with E-state index in [-0.39, 0.29) is 18.7 Å². The number of nitrogens with zero attached hydrogens (tertiary/aromatic N) is 1. The van der Waals surface area contributed by atoms with E-state index in [9.17, 15) is 26.7 Å². The molecule has 0 aliphatic carbocycles. The second-order valence-corrected chi connectivity index (χ2v) is 5.94. The molecule has 1 heterocycles. The van der Waals surface area contributed by atoms with Gasteiger partial charge in [0.2, 0.25) is 5.91 Å². The molecule has 0 saturated carbocycles. The third kappa shape index (κ3) is 5.55. The molecule has 1 aromatic carbocycles. The molecule has 9 heteroatoms. The average molecular weight is 366 g/mol. The first-order valence-corrected chi connectivity index (χ1v) is 7.83. The zero-order valence-electron chi connectivity index (χ0n) is 13.5. The standard InChI is InChI=1S/C16H19F5N2O2/c1-10(23-8-2-3-11(9-23)16(19,20)21)14(24)22-12-4-6-13(7-5-12)25-15(17)18/h4-7,10-11,15H,2-3,8-9H2,1H3,(H,22,24)/t10-,11-/m0/s1. The number of halogens is 5. The summed E-state index contributed by atoms with van der Waals surface area (Å²) in [5, 5.41) is 2.57. The van der Waals surface area contributed by atoms with Crippen LogP contribution in [0.15, 0.2) is 24.3 Å². The van der Waals surface area contributed by atoms with E-state index in [4.69, 9.17) is 0 Å². The van der Waals surface area contributed by atoms with Gasteiger partial charge in [0.15, 0.2) is 0 Å². The summed E-state index contributed by atoms with van der Waals surface area (Å²) in [6.45, 7) is -1.19. The van der Waals surface area contributed by atoms with E-state index in [1.807, 2.05) is 0 Å². The van der Waals surface area contributed by atoms with E-state index in [0.717, 1.165) is 0 Å². The van der Waals surface area contributed by atoms with Crippen molar-refractivity contribution in [3.63, 3.8) is 0 Å². The number of hydrogen-bond acceptors (Lipinski definition) is 3. The van der Waals surface area contributed by atoms with E-state index in [2.05, 4.69) is 10.1 Å². The van der Waals surface area contributed by atoms with E-state index < -0.39 is 30.7 Å². The molecule has 2 rings (SSSR count). The van der Waals surface area contributed by atoms with E-state index in [0.29, 0.717) is 18.7 Å². The maximum absolute atomic E-state index is 12.9. The SMILES string of the molecule is C[C@@H](C(=O)Nc1ccc(OC(F)F)cc1)N1CCC[C@H](C(F)(F)F)C1. The lowest BCUT2D eigenvalue weighted by Crippen LogP contribution is -2.49. The summed E-state index contributed by atoms with van der Waals surface area (Å²) >= 11 is 0. The van der Waals surface area contributed by atoms with Gasteiger partial charge in [-0.3, -0.25) is 9.69 Å². The monoisotopic (exact) mass is 366 g/mol. The van der Waals surface area contributed by atoms with Crippen LogP contribution in [0.5, 0.6) is 5.75 Å². The quantitative estimate of drug-likeness (QED) is 0.804. The Morgan fingerprint density at radius 3 is 2.48 bits per heavy atom. The number of amides is 1. The van der Waals surface area contributed by atoms with Crippen molar-refractivity contribution >= 4 is 11.6 Å². The number of carbonyl (C=O) groups is 1. The molecule has 140 valence electrons. The first-order chi connectivity index (χ1) is 11.7. The molecule has 0 unspecified atom stereocenters. The highest BCUT2D eigenvalue weighted by Gasteiger charge is 2.43. The second-order valence-electron chi connectivity index (χ2n) is 5.94. The smallest absolute Gasteiger partial charge is 0.393 e. The van der Waals surface area contributed by atoms with Crippen LogP contribution in [0.2, 0.25) is 0 Å². The van der Waals surface area contributed by atoms with Crippen LogP contribution in [0, 0.1) is 5.92 Å². The molecular formula is C16H19F5N2O2. The molecule has 1 aliphatic rings. The molecule has 1 aromatic rings. The third-order valence-electron chi connectivity index (χ3n) is 4.19. The Bertz CT molecular complexity index is 577. The van der Waals surface area contributed by atoms with Crippen LogP contribution in [0.4, 0.5) is 27.6 Å². The Hall–Kier alpha value is -1.90. The lowest BCUT2D eigenvalue weighted by Gasteiger charge is -2.36. The largest absolute Gasteiger partial charge is 0.435 e. The number of ether oxygens (including phenoxy) is 1. The van der Waals surface area contributed by atoms with Gasteiger partial charge in [-0.1, -0.05) is 0 Å². The second kappa shape index (κ2) is 7.99. The summed E-state index contributed by atoms with van der Waals surface area (Å²) in [5.41, 5.74) is 0.350. The zero-order valence-corrected chi connectivity index (χ0v) is 13.5. The predicted molar refractivity (Wildman–Crippen MR) is 81.5 cm³/mol. The van der Waals surface area contributed by atoms with Crippen molar-refractivity contribution in [2.75, 3.05) is 18.4 Å². The lowest BCUT2D eigenvalue weighted by atomic mass is 9.96. The number of alkyl halides is 5. The van der Waals surface area contributed by atoms with Crippen molar-refractivity contribution in [3.8, 4) is 5.75 Å². The molecule has 4 nitrogen and oxygen atoms in total. The van der Waals surface area contributed by atoms with Crippen LogP contribution >= 0.6 is 0 Å². The van der Waals surface area contributed by atoms with Crippen LogP contribution in [0.1, 0.15) is 19.8 Å². The van der Waals surface area contributed by atoms with Crippen molar-refractivity contribution in [2.24, 2.45) is 5.92 Å². The summed E-state index contributed by atoms with van der Waals surface area (Å²) in [6, 6.07) is 4.58. The molecule has 0 bridgehead atoms. The normalized spacial score (nSPS) is 20.4. The van der Waals surface area contributed by atoms with Gasteiger partial charge < -0.3 is 10.1 Å². The van der Waals surface area contributed by atoms with Crippen LogP contribution in [0.3, 0.4) is 0 Å². The summed E-state index contributed by atoms with van der Waals surface area (Å²) < 4.78 is 66.9. The Morgan fingerprint density at radius 2 is 1.92 bits per heavy atom. The average Bonchev–Trinajstić information content (AvgIpc) is 2.55. The maximum atomic E-state index is 12.9. The number of piperidine rings is 1. The molecule has 0 aromatic heterocycles. The topological polar surface area (TPSA) is 41.6 Å². The highest BCUT2D eigenvalue weighted by molar-refractivity contribution is 5.94. The summed E-state index contributed by atoms with van der Waals surface area (Å²) in [6.07, 6.45) is -3.82. The molecule has 25 heavy (non-hydrogen) atoms. The minimum absolute atomic E-state index is 0.0508. The van der Waals surface area contributed by atoms with Gasteiger partial charge in [0.25, 0.3) is 0 Å². The van der Waals surface area contributed by atoms with Gasteiger partial charge in [-0.25, -0.2) is 0 Å². The molecule has 1 aliphatic heterocycles. The number of likely N-dealkylation sites (tertiary alicyclic amines) is 1. The van der Waals surface area contributed by atoms with Gasteiger partial charge in [0.1, 0.15) is 5.75 Å². The van der Waals surface area contributed by atoms with Crippen molar-refractivity contribution in [3.05, 3.63) is 24.3 Å². The van der Waals surface area contributed by atoms with Crippen LogP contribution < -0.4 is 10.1 Å². The molecule has 1 saturated heterocycles. The summed E-state index contributed by atoms with van der Waals surface area (Å²) in [7, 11) is 0. The Balaban J connectivity index is 1.93. The zero-order chi connectivity index (χ0) is 18.6. The summed E-state index contributed by atoms with van der Waals surface area (Å²) in [5.74, 6) is -1.93. The summed E-state index contributed by atoms with van der Waals surface area (Å²) in [4.78, 5) is 13.8. The lowest BCUT2D eigenvalue weighted by molar-refractivity contribution is -0.188. The predicted octanol–water partition coefficient (Wildman–Crippen LogP) is 3.89. The first-order valence-electron chi connectivity index (χ1n) is 7.83. The van der Waals surface area contributed by atoms with E-state index in [1.54, 1.807) is 6.92 Å². The number of anilines is 1. The fourth-order valence-electron chi connectivity index (χ4n) is 2.76. The highest BCUT2D eigenvalue weighted by Crippen LogP contribution is 2.33. The minimum atomic E-state index is -4.27. The van der Waals surface area contributed by atoms with Gasteiger partial charge >= 0.3 is 12.8 Å². The number of rotatable bonds is 5. The third-order valence-corrected chi connectivity index (χ3v) is 4.19. The number of benzene rings is 1. The highest BCUT2D eigenvalue weighted by atomic mass is 19.4. The van der Waals surface area contributed by atoms with E-state index in [1.165, 1.54) is 29.2 Å². The minimum Gasteiger partial charge on any atom is -0.435 e. The fraction of sp³-hybridized carbons (Fsp3) is 0.562. The molecule has 1 amide bonds. The molecule has 1 fully saturated rings. The van der Waals surface area contributed by atoms with Gasteiger partial charge in [0, 0.05) is 12.2 Å². The van der Waals surface area contributed by atoms with Gasteiger partial charge in [-0.15, -0.1) is 0 Å².